The number of aromatic nitrogens is 1. The molecular weight excluding hydrogens is 316 g/mol. The van der Waals surface area contributed by atoms with E-state index in [-0.39, 0.29) is 17.6 Å². The molecule has 1 aromatic heterocycles. The molecule has 2 aromatic rings. The van der Waals surface area contributed by atoms with E-state index in [1.54, 1.807) is 30.6 Å². The highest BCUT2D eigenvalue weighted by Crippen LogP contribution is 2.30. The largest absolute Gasteiger partial charge is 0.495 e. The minimum Gasteiger partial charge on any atom is -0.495 e. The van der Waals surface area contributed by atoms with Crippen LogP contribution in [0.4, 0.5) is 5.69 Å². The molecule has 0 aliphatic heterocycles. The second-order valence-corrected chi connectivity index (χ2v) is 6.99. The van der Waals surface area contributed by atoms with E-state index in [4.69, 9.17) is 4.74 Å². The number of nitrogens with one attached hydrogen (secondary N) is 1. The van der Waals surface area contributed by atoms with Gasteiger partial charge in [0.2, 0.25) is 5.91 Å². The Morgan fingerprint density at radius 1 is 1.20 bits per heavy atom. The van der Waals surface area contributed by atoms with Crippen LogP contribution in [-0.4, -0.2) is 23.8 Å². The third-order valence-electron chi connectivity index (χ3n) is 3.99. The van der Waals surface area contributed by atoms with Gasteiger partial charge in [-0.3, -0.25) is 14.6 Å². The maximum Gasteiger partial charge on any atom is 0.229 e. The number of amides is 1. The smallest absolute Gasteiger partial charge is 0.229 e. The van der Waals surface area contributed by atoms with Crippen molar-refractivity contribution in [2.24, 2.45) is 5.41 Å². The molecule has 1 N–H and O–H groups in total. The average Bonchev–Trinajstić information content (AvgIpc) is 2.60. The molecule has 1 heterocycles. The Bertz CT molecular complexity index is 764. The number of ether oxygens (including phenoxy) is 1. The van der Waals surface area contributed by atoms with E-state index < -0.39 is 5.41 Å². The van der Waals surface area contributed by atoms with E-state index in [1.165, 1.54) is 7.11 Å². The molecule has 25 heavy (non-hydrogen) atoms. The molecule has 1 aromatic carbocycles. The second kappa shape index (κ2) is 7.47. The topological polar surface area (TPSA) is 68.3 Å². The number of rotatable bonds is 5. The summed E-state index contributed by atoms with van der Waals surface area (Å²) in [5.41, 5.74) is 1.31. The molecule has 0 fully saturated rings. The summed E-state index contributed by atoms with van der Waals surface area (Å²) < 4.78 is 5.30. The van der Waals surface area contributed by atoms with Gasteiger partial charge in [0.15, 0.2) is 5.78 Å². The Morgan fingerprint density at radius 2 is 1.92 bits per heavy atom. The van der Waals surface area contributed by atoms with Crippen molar-refractivity contribution in [2.75, 3.05) is 12.4 Å². The molecule has 5 heteroatoms. The molecular formula is C20H24N2O3. The lowest BCUT2D eigenvalue weighted by Gasteiger charge is -2.20. The Balaban J connectivity index is 2.32. The summed E-state index contributed by atoms with van der Waals surface area (Å²) in [4.78, 5) is 29.1. The standard InChI is InChI=1S/C20H24N2O3/c1-13(15-7-6-10-21-12-15)18(23)14-8-9-17(25-5)16(11-14)22-19(24)20(2,3)4/h6-13H,1-5H3,(H,22,24). The molecule has 0 bridgehead atoms. The summed E-state index contributed by atoms with van der Waals surface area (Å²) in [6.45, 7) is 7.33. The lowest BCUT2D eigenvalue weighted by Crippen LogP contribution is -2.28. The Hall–Kier alpha value is -2.69. The van der Waals surface area contributed by atoms with Crippen LogP contribution in [0.1, 0.15) is 49.5 Å². The molecule has 0 saturated heterocycles. The maximum atomic E-state index is 12.8. The first-order valence-corrected chi connectivity index (χ1v) is 8.17. The molecule has 1 amide bonds. The summed E-state index contributed by atoms with van der Waals surface area (Å²) >= 11 is 0. The highest BCUT2D eigenvalue weighted by Gasteiger charge is 2.24. The normalized spacial score (nSPS) is 12.4. The highest BCUT2D eigenvalue weighted by molar-refractivity contribution is 6.03. The number of carbonyl (C=O) groups is 2. The number of ketones is 1. The number of benzene rings is 1. The van der Waals surface area contributed by atoms with E-state index >= 15 is 0 Å². The van der Waals surface area contributed by atoms with Crippen molar-refractivity contribution in [3.8, 4) is 5.75 Å². The molecule has 1 unspecified atom stereocenters. The van der Waals surface area contributed by atoms with Crippen LogP contribution in [-0.2, 0) is 4.79 Å². The Morgan fingerprint density at radius 3 is 2.48 bits per heavy atom. The zero-order valence-electron chi connectivity index (χ0n) is 15.3. The lowest BCUT2D eigenvalue weighted by atomic mass is 9.92. The monoisotopic (exact) mass is 340 g/mol. The molecule has 0 aliphatic carbocycles. The fourth-order valence-electron chi connectivity index (χ4n) is 2.30. The molecule has 2 rings (SSSR count). The summed E-state index contributed by atoms with van der Waals surface area (Å²) in [6, 6.07) is 8.75. The van der Waals surface area contributed by atoms with E-state index in [0.29, 0.717) is 17.0 Å². The minimum absolute atomic E-state index is 0.0399. The van der Waals surface area contributed by atoms with Gasteiger partial charge >= 0.3 is 0 Å². The number of anilines is 1. The van der Waals surface area contributed by atoms with Gasteiger partial charge in [-0.25, -0.2) is 0 Å². The maximum absolute atomic E-state index is 12.8. The van der Waals surface area contributed by atoms with Gasteiger partial charge in [-0.05, 0) is 29.8 Å². The minimum atomic E-state index is -0.548. The number of Topliss-reactive ketones (excluding diaryl/α,β-unsaturated/α-hetero) is 1. The van der Waals surface area contributed by atoms with Crippen molar-refractivity contribution < 1.29 is 14.3 Å². The molecule has 132 valence electrons. The molecule has 5 nitrogen and oxygen atoms in total. The van der Waals surface area contributed by atoms with Crippen LogP contribution >= 0.6 is 0 Å². The van der Waals surface area contributed by atoms with Crippen LogP contribution < -0.4 is 10.1 Å². The van der Waals surface area contributed by atoms with Crippen LogP contribution in [0.3, 0.4) is 0 Å². The number of hydrogen-bond acceptors (Lipinski definition) is 4. The predicted molar refractivity (Wildman–Crippen MR) is 98.1 cm³/mol. The van der Waals surface area contributed by atoms with E-state index in [0.717, 1.165) is 5.56 Å². The van der Waals surface area contributed by atoms with Crippen molar-refractivity contribution in [3.63, 3.8) is 0 Å². The van der Waals surface area contributed by atoms with Gasteiger partial charge in [-0.2, -0.15) is 0 Å². The summed E-state index contributed by atoms with van der Waals surface area (Å²) in [7, 11) is 1.53. The van der Waals surface area contributed by atoms with Gasteiger partial charge in [-0.15, -0.1) is 0 Å². The van der Waals surface area contributed by atoms with E-state index in [1.807, 2.05) is 39.8 Å². The van der Waals surface area contributed by atoms with Crippen molar-refractivity contribution in [2.45, 2.75) is 33.6 Å². The van der Waals surface area contributed by atoms with Gasteiger partial charge in [0.25, 0.3) is 0 Å². The van der Waals surface area contributed by atoms with Crippen molar-refractivity contribution >= 4 is 17.4 Å². The SMILES string of the molecule is COc1ccc(C(=O)C(C)c2cccnc2)cc1NC(=O)C(C)(C)C. The molecule has 0 spiro atoms. The van der Waals surface area contributed by atoms with Gasteiger partial charge in [0, 0.05) is 29.3 Å². The molecule has 0 radical (unpaired) electrons. The van der Waals surface area contributed by atoms with Crippen LogP contribution in [0.15, 0.2) is 42.7 Å². The van der Waals surface area contributed by atoms with Crippen LogP contribution in [0.25, 0.3) is 0 Å². The first-order valence-electron chi connectivity index (χ1n) is 8.17. The third-order valence-corrected chi connectivity index (χ3v) is 3.99. The van der Waals surface area contributed by atoms with E-state index in [2.05, 4.69) is 10.3 Å². The predicted octanol–water partition coefficient (Wildman–Crippen LogP) is 4.06. The average molecular weight is 340 g/mol. The van der Waals surface area contributed by atoms with Gasteiger partial charge in [0.05, 0.1) is 12.8 Å². The summed E-state index contributed by atoms with van der Waals surface area (Å²) in [6.07, 6.45) is 3.36. The number of nitrogens with zero attached hydrogens (tertiary/aromatic N) is 1. The summed E-state index contributed by atoms with van der Waals surface area (Å²) in [5, 5.41) is 2.85. The van der Waals surface area contributed by atoms with Crippen molar-refractivity contribution in [1.82, 2.24) is 4.98 Å². The quantitative estimate of drug-likeness (QED) is 0.833. The Labute approximate surface area is 148 Å². The van der Waals surface area contributed by atoms with Crippen LogP contribution in [0.2, 0.25) is 0 Å². The van der Waals surface area contributed by atoms with Crippen LogP contribution in [0.5, 0.6) is 5.75 Å². The summed E-state index contributed by atoms with van der Waals surface area (Å²) in [5.74, 6) is 0.00839. The van der Waals surface area contributed by atoms with Gasteiger partial charge < -0.3 is 10.1 Å². The lowest BCUT2D eigenvalue weighted by molar-refractivity contribution is -0.123. The fraction of sp³-hybridized carbons (Fsp3) is 0.350. The number of pyridine rings is 1. The number of hydrogen-bond donors (Lipinski definition) is 1. The first-order chi connectivity index (χ1) is 11.7. The third kappa shape index (κ3) is 4.44. The van der Waals surface area contributed by atoms with Gasteiger partial charge in [0.1, 0.15) is 5.75 Å². The molecule has 0 aliphatic rings. The zero-order chi connectivity index (χ0) is 18.6. The number of methoxy groups -OCH3 is 1. The van der Waals surface area contributed by atoms with Gasteiger partial charge in [-0.1, -0.05) is 33.8 Å². The molecule has 1 atom stereocenters. The zero-order valence-corrected chi connectivity index (χ0v) is 15.3. The van der Waals surface area contributed by atoms with Crippen molar-refractivity contribution in [1.29, 1.82) is 0 Å². The highest BCUT2D eigenvalue weighted by atomic mass is 16.5. The van der Waals surface area contributed by atoms with Crippen molar-refractivity contribution in [3.05, 3.63) is 53.9 Å². The van der Waals surface area contributed by atoms with E-state index in [9.17, 15) is 9.59 Å². The fourth-order valence-corrected chi connectivity index (χ4v) is 2.30. The first kappa shape index (κ1) is 18.6. The second-order valence-electron chi connectivity index (χ2n) is 6.99. The molecule has 0 saturated carbocycles. The van der Waals surface area contributed by atoms with Crippen LogP contribution in [0, 0.1) is 5.41 Å². The Kier molecular flexibility index (Phi) is 5.57. The number of carbonyl (C=O) groups excluding carboxylic acids is 2.